The molecule has 2 N–H and O–H groups in total. The number of nitrogens with zero attached hydrogens (tertiary/aromatic N) is 4. The lowest BCUT2D eigenvalue weighted by Crippen LogP contribution is -2.70. The Morgan fingerprint density at radius 3 is 2.67 bits per heavy atom. The van der Waals surface area contributed by atoms with Crippen LogP contribution in [0.5, 0.6) is 5.75 Å². The van der Waals surface area contributed by atoms with Gasteiger partial charge in [-0.05, 0) is 47.2 Å². The van der Waals surface area contributed by atoms with Crippen LogP contribution in [0.3, 0.4) is 0 Å². The lowest BCUT2D eigenvalue weighted by Gasteiger charge is -2.40. The summed E-state index contributed by atoms with van der Waals surface area (Å²) in [4.78, 5) is 37.5. The van der Waals surface area contributed by atoms with E-state index >= 15 is 4.39 Å². The van der Waals surface area contributed by atoms with E-state index in [-0.39, 0.29) is 47.3 Å². The third kappa shape index (κ3) is 4.87. The normalized spacial score (nSPS) is 17.0. The van der Waals surface area contributed by atoms with E-state index in [1.807, 2.05) is 18.2 Å². The van der Waals surface area contributed by atoms with Gasteiger partial charge in [-0.25, -0.2) is 19.2 Å². The van der Waals surface area contributed by atoms with Gasteiger partial charge in [0.25, 0.3) is 5.91 Å². The van der Waals surface area contributed by atoms with Gasteiger partial charge >= 0.3 is 6.09 Å². The molecule has 2 aromatic heterocycles. The van der Waals surface area contributed by atoms with E-state index in [1.165, 1.54) is 24.8 Å². The monoisotopic (exact) mass is 564 g/mol. The van der Waals surface area contributed by atoms with Crippen LogP contribution in [0.15, 0.2) is 53.6 Å². The fraction of sp³-hybridized carbons (Fsp3) is 0.259. The Morgan fingerprint density at radius 1 is 1.18 bits per heavy atom. The first kappa shape index (κ1) is 25.8. The summed E-state index contributed by atoms with van der Waals surface area (Å²) in [5.74, 6) is -0.352. The van der Waals surface area contributed by atoms with Crippen LogP contribution in [-0.2, 0) is 16.0 Å². The minimum absolute atomic E-state index is 0.0103. The van der Waals surface area contributed by atoms with Crippen LogP contribution in [0, 0.1) is 12.7 Å². The third-order valence-corrected chi connectivity index (χ3v) is 7.08. The standard InChI is InChI=1S/C27H22ClFN6O5/c1-14-32-24(35-40-14)23-20(7-17(28)8-21(23)29)16-2-4-19-15(6-16)3-5-22(19)33-25(36)27(11-38-12-27)34-26(37)39-18-9-30-13-31-10-18/h2,4,6-10,13,22H,3,5,11-12H2,1H3,(H,33,36)(H,34,37)/t22-/m0/s1. The Balaban J connectivity index is 1.21. The molecule has 204 valence electrons. The molecular weight excluding hydrogens is 543 g/mol. The average Bonchev–Trinajstić information content (AvgIpc) is 3.51. The maximum absolute atomic E-state index is 15.0. The number of rotatable bonds is 6. The number of nitrogens with one attached hydrogen (secondary N) is 2. The van der Waals surface area contributed by atoms with Crippen molar-refractivity contribution in [2.75, 3.05) is 13.2 Å². The summed E-state index contributed by atoms with van der Waals surface area (Å²) in [5, 5.41) is 9.78. The van der Waals surface area contributed by atoms with Crippen LogP contribution in [0.25, 0.3) is 22.5 Å². The first-order chi connectivity index (χ1) is 19.3. The van der Waals surface area contributed by atoms with E-state index in [4.69, 9.17) is 25.6 Å². The second kappa shape index (κ2) is 10.3. The predicted octanol–water partition coefficient (Wildman–Crippen LogP) is 3.96. The molecule has 13 heteroatoms. The average molecular weight is 565 g/mol. The fourth-order valence-corrected chi connectivity index (χ4v) is 5.10. The van der Waals surface area contributed by atoms with E-state index < -0.39 is 17.4 Å². The van der Waals surface area contributed by atoms with Gasteiger partial charge in [0.2, 0.25) is 11.7 Å². The number of halogens is 2. The van der Waals surface area contributed by atoms with E-state index in [0.29, 0.717) is 24.3 Å². The molecule has 11 nitrogen and oxygen atoms in total. The van der Waals surface area contributed by atoms with Gasteiger partial charge < -0.3 is 24.6 Å². The second-order valence-electron chi connectivity index (χ2n) is 9.59. The Hall–Kier alpha value is -4.42. The van der Waals surface area contributed by atoms with Crippen molar-refractivity contribution in [2.24, 2.45) is 0 Å². The van der Waals surface area contributed by atoms with Crippen molar-refractivity contribution in [3.8, 4) is 28.3 Å². The number of benzene rings is 2. The molecule has 2 amide bonds. The summed E-state index contributed by atoms with van der Waals surface area (Å²) in [6.07, 6.45) is 4.50. The van der Waals surface area contributed by atoms with E-state index in [2.05, 4.69) is 30.7 Å². The first-order valence-electron chi connectivity index (χ1n) is 12.4. The number of ether oxygens (including phenoxy) is 2. The smallest absolute Gasteiger partial charge is 0.407 e. The Bertz CT molecular complexity index is 1610. The summed E-state index contributed by atoms with van der Waals surface area (Å²) < 4.78 is 30.5. The highest BCUT2D eigenvalue weighted by Crippen LogP contribution is 2.39. The second-order valence-corrected chi connectivity index (χ2v) is 10.0. The van der Waals surface area contributed by atoms with Crippen molar-refractivity contribution < 1.29 is 28.0 Å². The molecule has 1 aliphatic heterocycles. The van der Waals surface area contributed by atoms with Gasteiger partial charge in [-0.2, -0.15) is 4.98 Å². The van der Waals surface area contributed by atoms with Gasteiger partial charge in [-0.15, -0.1) is 0 Å². The predicted molar refractivity (Wildman–Crippen MR) is 139 cm³/mol. The zero-order chi connectivity index (χ0) is 27.9. The molecule has 2 aliphatic rings. The molecule has 1 atom stereocenters. The SMILES string of the molecule is Cc1nc(-c2c(F)cc(Cl)cc2-c2ccc3c(c2)CC[C@@H]3NC(=O)C2(NC(=O)Oc3cncnc3)COC2)no1. The fourth-order valence-electron chi connectivity index (χ4n) is 4.89. The van der Waals surface area contributed by atoms with Crippen molar-refractivity contribution in [2.45, 2.75) is 31.3 Å². The molecule has 1 saturated heterocycles. The van der Waals surface area contributed by atoms with E-state index in [9.17, 15) is 9.59 Å². The van der Waals surface area contributed by atoms with Crippen molar-refractivity contribution in [3.63, 3.8) is 0 Å². The van der Waals surface area contributed by atoms with Gasteiger partial charge in [-0.1, -0.05) is 35.0 Å². The molecule has 1 aliphatic carbocycles. The van der Waals surface area contributed by atoms with Crippen LogP contribution in [0.2, 0.25) is 5.02 Å². The highest BCUT2D eigenvalue weighted by atomic mass is 35.5. The molecule has 4 aromatic rings. The summed E-state index contributed by atoms with van der Waals surface area (Å²) in [5.41, 5.74) is 2.10. The number of aryl methyl sites for hydroxylation is 2. The molecule has 40 heavy (non-hydrogen) atoms. The Kier molecular flexibility index (Phi) is 6.64. The molecule has 0 unspecified atom stereocenters. The number of hydrogen-bond acceptors (Lipinski definition) is 9. The molecule has 3 heterocycles. The molecule has 6 rings (SSSR count). The lowest BCUT2D eigenvalue weighted by atomic mass is 9.94. The highest BCUT2D eigenvalue weighted by Gasteiger charge is 2.48. The highest BCUT2D eigenvalue weighted by molar-refractivity contribution is 6.31. The first-order valence-corrected chi connectivity index (χ1v) is 12.8. The summed E-state index contributed by atoms with van der Waals surface area (Å²) in [7, 11) is 0. The van der Waals surface area contributed by atoms with Crippen LogP contribution in [0.1, 0.15) is 29.5 Å². The van der Waals surface area contributed by atoms with Gasteiger partial charge in [0.05, 0.1) is 37.2 Å². The van der Waals surface area contributed by atoms with Gasteiger partial charge in [0, 0.05) is 11.9 Å². The zero-order valence-electron chi connectivity index (χ0n) is 21.1. The number of carbonyl (C=O) groups is 2. The maximum Gasteiger partial charge on any atom is 0.413 e. The number of fused-ring (bicyclic) bond motifs is 1. The largest absolute Gasteiger partial charge is 0.413 e. The van der Waals surface area contributed by atoms with Crippen LogP contribution >= 0.6 is 11.6 Å². The van der Waals surface area contributed by atoms with Gasteiger partial charge in [0.15, 0.2) is 11.3 Å². The maximum atomic E-state index is 15.0. The van der Waals surface area contributed by atoms with Crippen molar-refractivity contribution in [3.05, 3.63) is 76.9 Å². The van der Waals surface area contributed by atoms with Crippen LogP contribution in [-0.4, -0.2) is 50.9 Å². The van der Waals surface area contributed by atoms with E-state index in [0.717, 1.165) is 16.7 Å². The minimum atomic E-state index is -1.26. The summed E-state index contributed by atoms with van der Waals surface area (Å²) in [6.45, 7) is 1.65. The van der Waals surface area contributed by atoms with Crippen molar-refractivity contribution in [1.82, 2.24) is 30.7 Å². The van der Waals surface area contributed by atoms with Gasteiger partial charge in [-0.3, -0.25) is 4.79 Å². The van der Waals surface area contributed by atoms with Crippen LogP contribution < -0.4 is 15.4 Å². The number of carbonyl (C=O) groups excluding carboxylic acids is 2. The molecule has 0 saturated carbocycles. The number of amides is 2. The Morgan fingerprint density at radius 2 is 1.98 bits per heavy atom. The molecule has 2 aromatic carbocycles. The minimum Gasteiger partial charge on any atom is -0.407 e. The molecule has 0 bridgehead atoms. The van der Waals surface area contributed by atoms with Crippen molar-refractivity contribution in [1.29, 1.82) is 0 Å². The van der Waals surface area contributed by atoms with Crippen molar-refractivity contribution >= 4 is 23.6 Å². The van der Waals surface area contributed by atoms with E-state index in [1.54, 1.807) is 13.0 Å². The summed E-state index contributed by atoms with van der Waals surface area (Å²) >= 11 is 6.20. The molecule has 1 fully saturated rings. The van der Waals surface area contributed by atoms with Crippen LogP contribution in [0.4, 0.5) is 9.18 Å². The quantitative estimate of drug-likeness (QED) is 0.356. The number of hydrogen-bond donors (Lipinski definition) is 2. The molecule has 0 spiro atoms. The Labute approximate surface area is 232 Å². The summed E-state index contributed by atoms with van der Waals surface area (Å²) in [6, 6.07) is 8.27. The lowest BCUT2D eigenvalue weighted by molar-refractivity contribution is -0.147. The number of aromatic nitrogens is 4. The molecule has 0 radical (unpaired) electrons. The topological polar surface area (TPSA) is 141 Å². The van der Waals surface area contributed by atoms with Gasteiger partial charge in [0.1, 0.15) is 12.1 Å². The molecular formula is C27H22ClFN6O5. The zero-order valence-corrected chi connectivity index (χ0v) is 21.9. The third-order valence-electron chi connectivity index (χ3n) is 6.86.